The Morgan fingerprint density at radius 2 is 1.58 bits per heavy atom. The van der Waals surface area contributed by atoms with E-state index in [0.29, 0.717) is 5.69 Å². The number of phenols is 1. The van der Waals surface area contributed by atoms with Crippen molar-refractivity contribution in [2.75, 3.05) is 0 Å². The van der Waals surface area contributed by atoms with Gasteiger partial charge in [0.2, 0.25) is 0 Å². The van der Waals surface area contributed by atoms with Crippen LogP contribution in [0.2, 0.25) is 0 Å². The Kier molecular flexibility index (Phi) is 4.45. The van der Waals surface area contributed by atoms with Crippen LogP contribution < -0.4 is 0 Å². The standard InChI is InChI=1S/C19H13FN2O.Zn/c20-14-10-11-18(23)17(12-14)22-19(13-6-2-1-3-7-13)15-8-4-5-9-16(15)21-22;/h1-12,23H;. The number of rotatable bonds is 2. The quantitative estimate of drug-likeness (QED) is 0.527. The third-order valence-corrected chi connectivity index (χ3v) is 3.79. The van der Waals surface area contributed by atoms with Crippen LogP contribution in [-0.4, -0.2) is 14.9 Å². The minimum atomic E-state index is -0.420. The van der Waals surface area contributed by atoms with E-state index in [1.165, 1.54) is 18.2 Å². The van der Waals surface area contributed by atoms with Gasteiger partial charge in [-0.15, -0.1) is 0 Å². The van der Waals surface area contributed by atoms with Crippen molar-refractivity contribution in [2.45, 2.75) is 0 Å². The average molecular weight is 370 g/mol. The topological polar surface area (TPSA) is 38.0 Å². The van der Waals surface area contributed by atoms with E-state index >= 15 is 0 Å². The Balaban J connectivity index is 0.00000169. The molecule has 0 aliphatic heterocycles. The summed E-state index contributed by atoms with van der Waals surface area (Å²) in [6.45, 7) is 0. The maximum atomic E-state index is 13.7. The number of hydrogen-bond donors (Lipinski definition) is 1. The summed E-state index contributed by atoms with van der Waals surface area (Å²) >= 11 is 0. The summed E-state index contributed by atoms with van der Waals surface area (Å²) in [4.78, 5) is 0. The molecule has 0 aliphatic carbocycles. The molecule has 0 bridgehead atoms. The number of benzene rings is 3. The summed E-state index contributed by atoms with van der Waals surface area (Å²) in [5.41, 5.74) is 2.88. The summed E-state index contributed by atoms with van der Waals surface area (Å²) in [6, 6.07) is 21.3. The first-order chi connectivity index (χ1) is 11.2. The molecule has 4 aromatic rings. The first-order valence-corrected chi connectivity index (χ1v) is 7.26. The van der Waals surface area contributed by atoms with Gasteiger partial charge in [0.1, 0.15) is 17.3 Å². The van der Waals surface area contributed by atoms with Crippen LogP contribution >= 0.6 is 0 Å². The van der Waals surface area contributed by atoms with Crippen LogP contribution in [-0.2, 0) is 19.5 Å². The fraction of sp³-hybridized carbons (Fsp3) is 0. The third kappa shape index (κ3) is 2.72. The Bertz CT molecular complexity index is 999. The molecule has 114 valence electrons. The number of hydrogen-bond acceptors (Lipinski definition) is 2. The normalized spacial score (nSPS) is 10.5. The number of aromatic hydroxyl groups is 1. The van der Waals surface area contributed by atoms with Crippen molar-refractivity contribution in [2.24, 2.45) is 0 Å². The first-order valence-electron chi connectivity index (χ1n) is 7.26. The van der Waals surface area contributed by atoms with Crippen molar-refractivity contribution < 1.29 is 29.0 Å². The molecule has 0 amide bonds. The van der Waals surface area contributed by atoms with Crippen LogP contribution in [0, 0.1) is 5.82 Å². The van der Waals surface area contributed by atoms with Gasteiger partial charge in [-0.2, -0.15) is 5.10 Å². The predicted octanol–water partition coefficient (Wildman–Crippen LogP) is 4.53. The molecule has 0 unspecified atom stereocenters. The van der Waals surface area contributed by atoms with Gasteiger partial charge < -0.3 is 5.11 Å². The molecule has 3 aromatic carbocycles. The first kappa shape index (κ1) is 16.3. The second-order valence-electron chi connectivity index (χ2n) is 5.28. The van der Waals surface area contributed by atoms with Gasteiger partial charge in [-0.1, -0.05) is 48.5 Å². The average Bonchev–Trinajstić information content (AvgIpc) is 2.97. The largest absolute Gasteiger partial charge is 0.506 e. The van der Waals surface area contributed by atoms with E-state index in [2.05, 4.69) is 5.10 Å². The molecule has 0 atom stereocenters. The van der Waals surface area contributed by atoms with Crippen molar-refractivity contribution in [3.8, 4) is 22.7 Å². The van der Waals surface area contributed by atoms with Crippen LogP contribution in [0.5, 0.6) is 5.75 Å². The Morgan fingerprint density at radius 3 is 2.38 bits per heavy atom. The van der Waals surface area contributed by atoms with Crippen molar-refractivity contribution in [1.82, 2.24) is 9.78 Å². The molecule has 4 rings (SSSR count). The Morgan fingerprint density at radius 1 is 0.875 bits per heavy atom. The minimum absolute atomic E-state index is 0. The van der Waals surface area contributed by atoms with Crippen LogP contribution in [0.15, 0.2) is 72.8 Å². The SMILES string of the molecule is Oc1ccc(F)cc1-n1nc2ccccc2c1-c1ccccc1.[Zn]. The molecule has 0 saturated heterocycles. The van der Waals surface area contributed by atoms with Gasteiger partial charge in [-0.05, 0) is 18.2 Å². The van der Waals surface area contributed by atoms with Crippen molar-refractivity contribution in [1.29, 1.82) is 0 Å². The van der Waals surface area contributed by atoms with Crippen LogP contribution in [0.3, 0.4) is 0 Å². The summed E-state index contributed by atoms with van der Waals surface area (Å²) in [6.07, 6.45) is 0. The monoisotopic (exact) mass is 368 g/mol. The van der Waals surface area contributed by atoms with E-state index < -0.39 is 5.82 Å². The fourth-order valence-electron chi connectivity index (χ4n) is 2.75. The van der Waals surface area contributed by atoms with Gasteiger partial charge in [-0.3, -0.25) is 0 Å². The van der Waals surface area contributed by atoms with E-state index in [1.807, 2.05) is 54.6 Å². The van der Waals surface area contributed by atoms with Crippen LogP contribution in [0.4, 0.5) is 4.39 Å². The van der Waals surface area contributed by atoms with Crippen molar-refractivity contribution in [3.05, 3.63) is 78.6 Å². The molecule has 5 heteroatoms. The molecule has 0 aliphatic rings. The second kappa shape index (κ2) is 6.54. The Hall–Kier alpha value is -2.52. The maximum Gasteiger partial charge on any atom is 0.141 e. The zero-order valence-electron chi connectivity index (χ0n) is 12.9. The number of aromatic nitrogens is 2. The second-order valence-corrected chi connectivity index (χ2v) is 5.28. The van der Waals surface area contributed by atoms with E-state index in [0.717, 1.165) is 22.2 Å². The predicted molar refractivity (Wildman–Crippen MR) is 88.1 cm³/mol. The van der Waals surface area contributed by atoms with Crippen LogP contribution in [0.25, 0.3) is 27.8 Å². The van der Waals surface area contributed by atoms with Crippen LogP contribution in [0.1, 0.15) is 0 Å². The molecule has 0 fully saturated rings. The maximum absolute atomic E-state index is 13.7. The molecule has 0 saturated carbocycles. The molecule has 0 radical (unpaired) electrons. The molecule has 1 aromatic heterocycles. The number of halogens is 1. The van der Waals surface area contributed by atoms with E-state index in [-0.39, 0.29) is 25.2 Å². The number of fused-ring (bicyclic) bond motifs is 1. The third-order valence-electron chi connectivity index (χ3n) is 3.79. The molecular formula is C19H13FN2OZn. The molecule has 0 spiro atoms. The minimum Gasteiger partial charge on any atom is -0.506 e. The van der Waals surface area contributed by atoms with Gasteiger partial charge in [0.25, 0.3) is 0 Å². The van der Waals surface area contributed by atoms with Gasteiger partial charge in [0.15, 0.2) is 0 Å². The summed E-state index contributed by atoms with van der Waals surface area (Å²) < 4.78 is 15.3. The summed E-state index contributed by atoms with van der Waals surface area (Å²) in [5, 5.41) is 15.7. The zero-order chi connectivity index (χ0) is 15.8. The Labute approximate surface area is 151 Å². The van der Waals surface area contributed by atoms with E-state index in [1.54, 1.807) is 4.68 Å². The van der Waals surface area contributed by atoms with Gasteiger partial charge >= 0.3 is 0 Å². The van der Waals surface area contributed by atoms with Gasteiger partial charge in [0, 0.05) is 36.5 Å². The number of phenolic OH excluding ortho intramolecular Hbond substituents is 1. The molecule has 1 heterocycles. The van der Waals surface area contributed by atoms with E-state index in [4.69, 9.17) is 0 Å². The van der Waals surface area contributed by atoms with Gasteiger partial charge in [0.05, 0.1) is 11.2 Å². The van der Waals surface area contributed by atoms with Crippen molar-refractivity contribution >= 4 is 10.9 Å². The van der Waals surface area contributed by atoms with Gasteiger partial charge in [-0.25, -0.2) is 9.07 Å². The molecular weight excluding hydrogens is 357 g/mol. The van der Waals surface area contributed by atoms with Crippen molar-refractivity contribution in [3.63, 3.8) is 0 Å². The zero-order valence-corrected chi connectivity index (χ0v) is 15.8. The molecule has 1 N–H and O–H groups in total. The summed E-state index contributed by atoms with van der Waals surface area (Å²) in [5.74, 6) is -0.437. The smallest absolute Gasteiger partial charge is 0.141 e. The fourth-order valence-corrected chi connectivity index (χ4v) is 2.75. The summed E-state index contributed by atoms with van der Waals surface area (Å²) in [7, 11) is 0. The molecule has 24 heavy (non-hydrogen) atoms. The van der Waals surface area contributed by atoms with E-state index in [9.17, 15) is 9.50 Å². The molecule has 3 nitrogen and oxygen atoms in total. The number of nitrogens with zero attached hydrogens (tertiary/aromatic N) is 2.